The van der Waals surface area contributed by atoms with E-state index in [4.69, 9.17) is 21.0 Å². The van der Waals surface area contributed by atoms with Crippen LogP contribution in [0, 0.1) is 24.8 Å². The van der Waals surface area contributed by atoms with Crippen LogP contribution >= 0.6 is 0 Å². The van der Waals surface area contributed by atoms with Crippen molar-refractivity contribution in [3.63, 3.8) is 0 Å². The number of nitrogens with zero attached hydrogens (tertiary/aromatic N) is 7. The van der Waals surface area contributed by atoms with E-state index in [1.54, 1.807) is 31.3 Å². The highest BCUT2D eigenvalue weighted by Gasteiger charge is 2.45. The Labute approximate surface area is 305 Å². The maximum absolute atomic E-state index is 13.5. The monoisotopic (exact) mass is 722 g/mol. The average Bonchev–Trinajstić information content (AvgIpc) is 3.72. The van der Waals surface area contributed by atoms with E-state index in [1.165, 1.54) is 11.4 Å². The van der Waals surface area contributed by atoms with Gasteiger partial charge in [-0.1, -0.05) is 35.9 Å². The van der Waals surface area contributed by atoms with Gasteiger partial charge in [-0.25, -0.2) is 25.0 Å². The lowest BCUT2D eigenvalue weighted by atomic mass is 9.93. The summed E-state index contributed by atoms with van der Waals surface area (Å²) in [6.07, 6.45) is 1.12. The van der Waals surface area contributed by atoms with Gasteiger partial charge >= 0.3 is 0 Å². The van der Waals surface area contributed by atoms with Crippen LogP contribution in [0.15, 0.2) is 77.2 Å². The van der Waals surface area contributed by atoms with E-state index in [0.29, 0.717) is 81.0 Å². The summed E-state index contributed by atoms with van der Waals surface area (Å²) in [4.78, 5) is 29.7. The zero-order chi connectivity index (χ0) is 37.4. The number of amides is 1. The van der Waals surface area contributed by atoms with E-state index in [0.717, 1.165) is 34.1 Å². The maximum atomic E-state index is 13.5. The molecule has 1 saturated heterocycles. The number of sulfonamides is 1. The number of carbonyl (C=O) groups excluding carboxylic acids is 1. The summed E-state index contributed by atoms with van der Waals surface area (Å²) < 4.78 is 35.6. The van der Waals surface area contributed by atoms with E-state index in [2.05, 4.69) is 21.1 Å². The Balaban J connectivity index is 1.39. The smallest absolute Gasteiger partial charge is 0.255 e. The molecule has 8 rings (SSSR count). The predicted molar refractivity (Wildman–Crippen MR) is 205 cm³/mol. The number of pyridine rings is 1. The third-order valence-electron chi connectivity index (χ3n) is 10.0. The molecule has 264 valence electrons. The average molecular weight is 723 g/mol. The highest BCUT2D eigenvalue weighted by Crippen LogP contribution is 2.42. The molecule has 53 heavy (non-hydrogen) atoms. The van der Waals surface area contributed by atoms with Crippen molar-refractivity contribution in [1.82, 2.24) is 24.6 Å². The number of nitriles is 1. The van der Waals surface area contributed by atoms with Crippen molar-refractivity contribution >= 4 is 60.0 Å². The van der Waals surface area contributed by atoms with Crippen LogP contribution in [0.5, 0.6) is 0 Å². The maximum Gasteiger partial charge on any atom is 0.255 e. The van der Waals surface area contributed by atoms with Crippen LogP contribution in [0.2, 0.25) is 0 Å². The molecule has 0 saturated carbocycles. The lowest BCUT2D eigenvalue weighted by molar-refractivity contribution is 0.0964. The first-order valence-electron chi connectivity index (χ1n) is 16.9. The molecular formula is C40H34N8O4S. The fraction of sp³-hybridized carbons (Fsp3) is 0.225. The summed E-state index contributed by atoms with van der Waals surface area (Å²) in [7, 11) is -0.731. The lowest BCUT2D eigenvalue weighted by Gasteiger charge is -2.38. The molecule has 1 amide bonds. The van der Waals surface area contributed by atoms with Crippen molar-refractivity contribution in [2.75, 3.05) is 37.7 Å². The van der Waals surface area contributed by atoms with Crippen LogP contribution in [0.4, 0.5) is 5.69 Å². The minimum absolute atomic E-state index is 0.313. The second-order valence-electron chi connectivity index (χ2n) is 13.9. The van der Waals surface area contributed by atoms with Gasteiger partial charge in [-0.2, -0.15) is 5.26 Å². The molecule has 5 heterocycles. The van der Waals surface area contributed by atoms with Crippen LogP contribution in [-0.4, -0.2) is 72.6 Å². The van der Waals surface area contributed by atoms with Crippen LogP contribution in [0.3, 0.4) is 0 Å². The summed E-state index contributed by atoms with van der Waals surface area (Å²) in [6.45, 7) is 13.2. The van der Waals surface area contributed by atoms with Crippen molar-refractivity contribution in [2.45, 2.75) is 25.9 Å². The molecule has 13 heteroatoms. The molecule has 0 radical (unpaired) electrons. The minimum atomic E-state index is -3.75. The molecule has 0 unspecified atom stereocenters. The Kier molecular flexibility index (Phi) is 7.76. The Morgan fingerprint density at radius 1 is 1.08 bits per heavy atom. The fourth-order valence-electron chi connectivity index (χ4n) is 7.29. The highest BCUT2D eigenvalue weighted by atomic mass is 32.2. The summed E-state index contributed by atoms with van der Waals surface area (Å²) in [5, 5.41) is 14.0. The Bertz CT molecular complexity index is 2870. The molecule has 0 bridgehead atoms. The molecule has 7 aromatic rings. The Morgan fingerprint density at radius 3 is 2.51 bits per heavy atom. The first-order chi connectivity index (χ1) is 25.3. The van der Waals surface area contributed by atoms with Crippen molar-refractivity contribution in [3.05, 3.63) is 107 Å². The number of nitrogens with one attached hydrogen (secondary N) is 1. The third kappa shape index (κ3) is 5.53. The molecular weight excluding hydrogens is 689 g/mol. The fourth-order valence-corrected chi connectivity index (χ4v) is 7.80. The van der Waals surface area contributed by atoms with Crippen LogP contribution in [0.1, 0.15) is 34.2 Å². The van der Waals surface area contributed by atoms with Gasteiger partial charge in [0.25, 0.3) is 11.4 Å². The van der Waals surface area contributed by atoms with Gasteiger partial charge < -0.3 is 14.6 Å². The number of aryl methyl sites for hydroxylation is 1. The van der Waals surface area contributed by atoms with Gasteiger partial charge in [-0.3, -0.25) is 18.4 Å². The molecule has 3 aromatic carbocycles. The van der Waals surface area contributed by atoms with Crippen LogP contribution in [0.25, 0.3) is 65.8 Å². The third-order valence-corrected chi connectivity index (χ3v) is 11.2. The van der Waals surface area contributed by atoms with Gasteiger partial charge in [0.1, 0.15) is 22.7 Å². The Morgan fingerprint density at radius 2 is 1.83 bits per heavy atom. The molecule has 0 aliphatic carbocycles. The number of benzene rings is 3. The second kappa shape index (κ2) is 12.2. The highest BCUT2D eigenvalue weighted by molar-refractivity contribution is 7.92. The van der Waals surface area contributed by atoms with E-state index in [1.807, 2.05) is 66.8 Å². The van der Waals surface area contributed by atoms with Crippen molar-refractivity contribution in [2.24, 2.45) is 0 Å². The normalized spacial score (nSPS) is 14.3. The van der Waals surface area contributed by atoms with Crippen LogP contribution < -0.4 is 9.62 Å². The quantitative estimate of drug-likeness (QED) is 0.183. The van der Waals surface area contributed by atoms with Gasteiger partial charge in [0.2, 0.25) is 10.0 Å². The van der Waals surface area contributed by atoms with Crippen molar-refractivity contribution in [3.8, 4) is 28.7 Å². The molecule has 0 spiro atoms. The summed E-state index contributed by atoms with van der Waals surface area (Å²) in [5.41, 5.74) is 6.41. The van der Waals surface area contributed by atoms with Gasteiger partial charge in [-0.05, 0) is 43.3 Å². The Hall–Kier alpha value is -6.28. The van der Waals surface area contributed by atoms with Crippen LogP contribution in [-0.2, 0) is 16.6 Å². The lowest BCUT2D eigenvalue weighted by Crippen LogP contribution is -2.57. The number of hydrogen-bond acceptors (Lipinski definition) is 8. The zero-order valence-corrected chi connectivity index (χ0v) is 30.5. The van der Waals surface area contributed by atoms with Gasteiger partial charge in [0.05, 0.1) is 71.0 Å². The molecule has 1 fully saturated rings. The number of carbonyl (C=O) groups is 1. The predicted octanol–water partition coefficient (Wildman–Crippen LogP) is 6.54. The first kappa shape index (κ1) is 33.8. The van der Waals surface area contributed by atoms with E-state index in [9.17, 15) is 18.5 Å². The number of aromatic nitrogens is 3. The van der Waals surface area contributed by atoms with Gasteiger partial charge in [-0.15, -0.1) is 0 Å². The van der Waals surface area contributed by atoms with Gasteiger partial charge in [0.15, 0.2) is 0 Å². The second-order valence-corrected chi connectivity index (χ2v) is 15.9. The number of likely N-dealkylation sites (tertiary alicyclic amines) is 1. The number of rotatable bonds is 7. The standard InChI is InChI=1S/C40H34N8O4S/c1-23-10-12-24(13-11-23)38-36(39(49)42-3)28-16-27(32(18-34(28)52-38)46(5)53(6,50)51)29-14-15-30-37(45-29)33-17-26-25(19-41)8-7-9-31(26)48(33)35(44-30)20-47-21-40(2,22-47)43-4/h7-18H,20-22H2,1-3,5-6H3,(H,42,49). The number of fused-ring (bicyclic) bond motifs is 6. The molecule has 0 atom stereocenters. The van der Waals surface area contributed by atoms with E-state index >= 15 is 0 Å². The van der Waals surface area contributed by atoms with Gasteiger partial charge in [0, 0.05) is 49.0 Å². The summed E-state index contributed by atoms with van der Waals surface area (Å²) in [5.74, 6) is 0.753. The minimum Gasteiger partial charge on any atom is -0.455 e. The van der Waals surface area contributed by atoms with Crippen molar-refractivity contribution in [1.29, 1.82) is 5.26 Å². The first-order valence-corrected chi connectivity index (χ1v) is 18.8. The van der Waals surface area contributed by atoms with E-state index in [-0.39, 0.29) is 5.91 Å². The molecule has 1 aliphatic heterocycles. The SMILES string of the molecule is [C-]#[N+]C1(C)CN(Cc2nc3ccc(-c4cc5c(C(=O)NC)c(-c6ccc(C)cc6)oc5cc4N(C)S(C)(=O)=O)nc3c3cc4c(C#N)cccc4n23)C1. The zero-order valence-electron chi connectivity index (χ0n) is 29.7. The topological polar surface area (TPSA) is 141 Å². The molecule has 4 aromatic heterocycles. The van der Waals surface area contributed by atoms with E-state index < -0.39 is 15.6 Å². The molecule has 1 N–H and O–H groups in total. The number of furan rings is 1. The number of hydrogen-bond donors (Lipinski definition) is 1. The van der Waals surface area contributed by atoms with Crippen molar-refractivity contribution < 1.29 is 17.6 Å². The number of anilines is 1. The molecule has 12 nitrogen and oxygen atoms in total. The summed E-state index contributed by atoms with van der Waals surface area (Å²) in [6, 6.07) is 24.5. The molecule has 1 aliphatic rings. The largest absolute Gasteiger partial charge is 0.455 e. The summed E-state index contributed by atoms with van der Waals surface area (Å²) >= 11 is 0.